The second-order valence-electron chi connectivity index (χ2n) is 13.7. The van der Waals surface area contributed by atoms with E-state index in [0.717, 1.165) is 17.5 Å². The molecule has 4 rings (SSSR count). The summed E-state index contributed by atoms with van der Waals surface area (Å²) in [6.45, 7) is 3.35. The number of nitrogens with one attached hydrogen (secondary N) is 3. The second kappa shape index (κ2) is 20.1. The number of nitrogens with zero attached hydrogens (tertiary/aromatic N) is 1. The van der Waals surface area contributed by atoms with Crippen LogP contribution in [0.5, 0.6) is 5.75 Å². The molecule has 286 valence electrons. The summed E-state index contributed by atoms with van der Waals surface area (Å²) in [4.78, 5) is 92.0. The summed E-state index contributed by atoms with van der Waals surface area (Å²) in [6.07, 6.45) is 3.57. The highest BCUT2D eigenvalue weighted by atomic mass is 16.6. The van der Waals surface area contributed by atoms with Gasteiger partial charge in [-0.25, -0.2) is 4.79 Å². The van der Waals surface area contributed by atoms with Crippen molar-refractivity contribution in [3.05, 3.63) is 65.7 Å². The van der Waals surface area contributed by atoms with Crippen molar-refractivity contribution in [2.75, 3.05) is 13.2 Å². The van der Waals surface area contributed by atoms with Gasteiger partial charge in [0, 0.05) is 31.3 Å². The molecule has 2 saturated heterocycles. The molecule has 0 radical (unpaired) electrons. The predicted molar refractivity (Wildman–Crippen MR) is 194 cm³/mol. The number of hydrogen-bond donors (Lipinski definition) is 4. The fourth-order valence-electron chi connectivity index (χ4n) is 6.90. The number of benzene rings is 2. The topological polar surface area (TPSA) is 203 Å². The SMILES string of the molecule is CCOC(=O)COc1ccc(C[C@H](CC(C)=O)C(=O)N[C@H]2CCCCC3CC[C@@H](C(=O)N[C@@H](CCC(N)=O)C(=O)NCc4ccccc4)N3C2=O)cc1. The van der Waals surface area contributed by atoms with E-state index in [1.54, 1.807) is 36.1 Å². The number of esters is 1. The van der Waals surface area contributed by atoms with E-state index >= 15 is 0 Å². The molecule has 14 nitrogen and oxygen atoms in total. The maximum Gasteiger partial charge on any atom is 0.344 e. The molecule has 0 spiro atoms. The first-order chi connectivity index (χ1) is 25.4. The zero-order chi connectivity index (χ0) is 38.3. The summed E-state index contributed by atoms with van der Waals surface area (Å²) in [5.74, 6) is -3.41. The maximum absolute atomic E-state index is 14.2. The van der Waals surface area contributed by atoms with Gasteiger partial charge in [0.25, 0.3) is 0 Å². The quantitative estimate of drug-likeness (QED) is 0.166. The summed E-state index contributed by atoms with van der Waals surface area (Å²) in [6, 6.07) is 13.0. The lowest BCUT2D eigenvalue weighted by molar-refractivity contribution is -0.145. The van der Waals surface area contributed by atoms with Crippen LogP contribution in [0.15, 0.2) is 54.6 Å². The van der Waals surface area contributed by atoms with Crippen LogP contribution in [0.4, 0.5) is 0 Å². The standard InChI is InChI=1S/C39H51N5O9/c1-3-52-35(47)24-53-30-16-13-26(14-17-30)22-28(21-25(2)45)36(48)43-32-12-8-7-11-29-15-19-33(44(29)39(32)51)38(50)42-31(18-20-34(40)46)37(49)41-23-27-9-5-4-6-10-27/h4-6,9-10,13-14,16-17,28-29,31-33H,3,7-8,11-12,15,18-24H2,1-2H3,(H2,40,46)(H,41,49)(H,42,50)(H,43,48)/t28-,29?,31-,32-,33-/m0/s1. The molecule has 0 aliphatic carbocycles. The van der Waals surface area contributed by atoms with Crippen LogP contribution in [-0.2, 0) is 51.3 Å². The predicted octanol–water partition coefficient (Wildman–Crippen LogP) is 2.25. The molecule has 2 heterocycles. The molecule has 0 saturated carbocycles. The highest BCUT2D eigenvalue weighted by Crippen LogP contribution is 2.32. The molecular formula is C39H51N5O9. The maximum atomic E-state index is 14.2. The van der Waals surface area contributed by atoms with Gasteiger partial charge in [0.15, 0.2) is 6.61 Å². The number of fused-ring (bicyclic) bond motifs is 1. The van der Waals surface area contributed by atoms with Crippen molar-refractivity contribution in [3.8, 4) is 5.75 Å². The number of carbonyl (C=O) groups is 7. The normalized spacial score (nSPS) is 19.4. The Morgan fingerprint density at radius 2 is 1.62 bits per heavy atom. The highest BCUT2D eigenvalue weighted by Gasteiger charge is 2.44. The van der Waals surface area contributed by atoms with Crippen LogP contribution in [0, 0.1) is 5.92 Å². The molecule has 2 fully saturated rings. The van der Waals surface area contributed by atoms with Gasteiger partial charge in [-0.1, -0.05) is 55.3 Å². The number of rotatable bonds is 18. The summed E-state index contributed by atoms with van der Waals surface area (Å²) >= 11 is 0. The third kappa shape index (κ3) is 12.4. The van der Waals surface area contributed by atoms with Gasteiger partial charge >= 0.3 is 5.97 Å². The van der Waals surface area contributed by atoms with E-state index in [4.69, 9.17) is 15.2 Å². The average Bonchev–Trinajstić information content (AvgIpc) is 3.55. The number of ether oxygens (including phenoxy) is 2. The van der Waals surface area contributed by atoms with E-state index in [9.17, 15) is 33.6 Å². The van der Waals surface area contributed by atoms with E-state index < -0.39 is 53.6 Å². The number of hydrogen-bond acceptors (Lipinski definition) is 9. The van der Waals surface area contributed by atoms with E-state index in [-0.39, 0.29) is 63.2 Å². The summed E-state index contributed by atoms with van der Waals surface area (Å²) < 4.78 is 10.3. The van der Waals surface area contributed by atoms with Crippen LogP contribution in [0.3, 0.4) is 0 Å². The Morgan fingerprint density at radius 3 is 2.30 bits per heavy atom. The van der Waals surface area contributed by atoms with E-state index in [1.165, 1.54) is 6.92 Å². The number of Topliss-reactive ketones (excluding diaryl/α,β-unsaturated/α-hetero) is 1. The summed E-state index contributed by atoms with van der Waals surface area (Å²) in [5.41, 5.74) is 6.99. The largest absolute Gasteiger partial charge is 0.482 e. The molecule has 14 heteroatoms. The summed E-state index contributed by atoms with van der Waals surface area (Å²) in [7, 11) is 0. The molecule has 0 aromatic heterocycles. The minimum atomic E-state index is -1.05. The van der Waals surface area contributed by atoms with Crippen LogP contribution in [0.1, 0.15) is 82.8 Å². The van der Waals surface area contributed by atoms with Gasteiger partial charge in [-0.05, 0) is 75.6 Å². The lowest BCUT2D eigenvalue weighted by atomic mass is 9.92. The van der Waals surface area contributed by atoms with E-state index in [1.807, 2.05) is 30.3 Å². The zero-order valence-corrected chi connectivity index (χ0v) is 30.5. The van der Waals surface area contributed by atoms with Crippen LogP contribution in [0.25, 0.3) is 0 Å². The summed E-state index contributed by atoms with van der Waals surface area (Å²) in [5, 5.41) is 8.49. The first-order valence-corrected chi connectivity index (χ1v) is 18.3. The van der Waals surface area contributed by atoms with Crippen molar-refractivity contribution in [2.45, 2.75) is 109 Å². The first-order valence-electron chi connectivity index (χ1n) is 18.3. The molecular weight excluding hydrogens is 682 g/mol. The van der Waals surface area contributed by atoms with Gasteiger partial charge in [-0.2, -0.15) is 0 Å². The van der Waals surface area contributed by atoms with Gasteiger partial charge in [0.05, 0.1) is 6.61 Å². The number of ketones is 1. The minimum Gasteiger partial charge on any atom is -0.482 e. The lowest BCUT2D eigenvalue weighted by Crippen LogP contribution is -2.58. The Labute approximate surface area is 309 Å². The second-order valence-corrected chi connectivity index (χ2v) is 13.7. The Morgan fingerprint density at radius 1 is 0.906 bits per heavy atom. The van der Waals surface area contributed by atoms with Crippen molar-refractivity contribution in [2.24, 2.45) is 11.7 Å². The number of primary amides is 1. The van der Waals surface area contributed by atoms with Gasteiger partial charge in [-0.15, -0.1) is 0 Å². The molecule has 2 aromatic rings. The van der Waals surface area contributed by atoms with Crippen LogP contribution >= 0.6 is 0 Å². The molecule has 53 heavy (non-hydrogen) atoms. The monoisotopic (exact) mass is 733 g/mol. The smallest absolute Gasteiger partial charge is 0.344 e. The van der Waals surface area contributed by atoms with Crippen LogP contribution in [0.2, 0.25) is 0 Å². The molecule has 2 aromatic carbocycles. The minimum absolute atomic E-state index is 0.00858. The van der Waals surface area contributed by atoms with E-state index in [2.05, 4.69) is 16.0 Å². The fourth-order valence-corrected chi connectivity index (χ4v) is 6.90. The molecule has 5 amide bonds. The molecule has 0 bridgehead atoms. The van der Waals surface area contributed by atoms with Gasteiger partial charge in [0.1, 0.15) is 29.7 Å². The first kappa shape index (κ1) is 40.5. The van der Waals surface area contributed by atoms with Gasteiger partial charge < -0.3 is 40.9 Å². The number of amides is 5. The number of carbonyl (C=O) groups excluding carboxylic acids is 7. The molecule has 5 N–H and O–H groups in total. The van der Waals surface area contributed by atoms with Crippen molar-refractivity contribution in [3.63, 3.8) is 0 Å². The molecule has 2 aliphatic heterocycles. The van der Waals surface area contributed by atoms with Gasteiger partial charge in [-0.3, -0.25) is 24.0 Å². The lowest BCUT2D eigenvalue weighted by Gasteiger charge is -2.36. The zero-order valence-electron chi connectivity index (χ0n) is 30.5. The molecule has 1 unspecified atom stereocenters. The third-order valence-corrected chi connectivity index (χ3v) is 9.55. The average molecular weight is 734 g/mol. The molecule has 5 atom stereocenters. The third-order valence-electron chi connectivity index (χ3n) is 9.55. The Bertz CT molecular complexity index is 1600. The Hall–Kier alpha value is -5.27. The van der Waals surface area contributed by atoms with Crippen molar-refractivity contribution < 1.29 is 43.0 Å². The van der Waals surface area contributed by atoms with Crippen molar-refractivity contribution in [1.82, 2.24) is 20.9 Å². The van der Waals surface area contributed by atoms with Crippen molar-refractivity contribution in [1.29, 1.82) is 0 Å². The van der Waals surface area contributed by atoms with E-state index in [0.29, 0.717) is 37.9 Å². The fraction of sp³-hybridized carbons (Fsp3) is 0.513. The van der Waals surface area contributed by atoms with Gasteiger partial charge in [0.2, 0.25) is 29.5 Å². The Balaban J connectivity index is 1.43. The van der Waals surface area contributed by atoms with Crippen LogP contribution in [-0.4, -0.2) is 83.6 Å². The molecule has 2 aliphatic rings. The number of nitrogens with two attached hydrogens (primary N) is 1. The van der Waals surface area contributed by atoms with Crippen LogP contribution < -0.4 is 26.4 Å². The van der Waals surface area contributed by atoms with Crippen molar-refractivity contribution >= 4 is 41.3 Å². The Kier molecular flexibility index (Phi) is 15.4. The highest BCUT2D eigenvalue weighted by molar-refractivity contribution is 5.96.